The predicted molar refractivity (Wildman–Crippen MR) is 71.3 cm³/mol. The summed E-state index contributed by atoms with van der Waals surface area (Å²) in [5, 5.41) is 0. The van der Waals surface area contributed by atoms with Gasteiger partial charge >= 0.3 is 0 Å². The van der Waals surface area contributed by atoms with Crippen molar-refractivity contribution in [2.24, 2.45) is 0 Å². The van der Waals surface area contributed by atoms with Gasteiger partial charge in [0.2, 0.25) is 0 Å². The molecule has 98 valence electrons. The minimum Gasteiger partial charge on any atom is -0.398 e. The Kier molecular flexibility index (Phi) is 3.85. The Morgan fingerprint density at radius 1 is 1.11 bits per heavy atom. The molecule has 2 aromatic rings. The predicted octanol–water partition coefficient (Wildman–Crippen LogP) is 3.90. The smallest absolute Gasteiger partial charge is 0.159 e. The van der Waals surface area contributed by atoms with Gasteiger partial charge in [-0.25, -0.2) is 8.78 Å². The quantitative estimate of drug-likeness (QED) is 0.684. The molecule has 0 saturated heterocycles. The first kappa shape index (κ1) is 13.5. The zero-order valence-corrected chi connectivity index (χ0v) is 10.9. The van der Waals surface area contributed by atoms with Crippen LogP contribution in [0.3, 0.4) is 0 Å². The van der Waals surface area contributed by atoms with Gasteiger partial charge in [0.25, 0.3) is 0 Å². The molecule has 0 aromatic heterocycles. The fourth-order valence-electron chi connectivity index (χ4n) is 1.54. The lowest BCUT2D eigenvalue weighted by atomic mass is 10.1. The number of benzene rings is 2. The molecule has 0 fully saturated rings. The highest BCUT2D eigenvalue weighted by atomic mass is 32.2. The third kappa shape index (κ3) is 3.12. The summed E-state index contributed by atoms with van der Waals surface area (Å²) in [6.07, 6.45) is 0. The Morgan fingerprint density at radius 3 is 2.37 bits per heavy atom. The van der Waals surface area contributed by atoms with Gasteiger partial charge in [0.05, 0.1) is 0 Å². The van der Waals surface area contributed by atoms with Crippen LogP contribution in [0.4, 0.5) is 14.5 Å². The van der Waals surface area contributed by atoms with Crippen molar-refractivity contribution in [3.8, 4) is 0 Å². The van der Waals surface area contributed by atoms with Crippen LogP contribution < -0.4 is 5.73 Å². The summed E-state index contributed by atoms with van der Waals surface area (Å²) < 4.78 is 26.3. The topological polar surface area (TPSA) is 43.1 Å². The molecule has 0 radical (unpaired) electrons. The number of anilines is 1. The van der Waals surface area contributed by atoms with E-state index in [-0.39, 0.29) is 10.7 Å². The molecule has 0 atom stereocenters. The average Bonchev–Trinajstić information content (AvgIpc) is 2.34. The van der Waals surface area contributed by atoms with Crippen LogP contribution in [-0.4, -0.2) is 5.78 Å². The highest BCUT2D eigenvalue weighted by Crippen LogP contribution is 2.34. The van der Waals surface area contributed by atoms with Crippen LogP contribution in [0.1, 0.15) is 17.3 Å². The molecule has 5 heteroatoms. The van der Waals surface area contributed by atoms with E-state index in [4.69, 9.17) is 5.73 Å². The van der Waals surface area contributed by atoms with Gasteiger partial charge in [-0.1, -0.05) is 17.8 Å². The van der Waals surface area contributed by atoms with E-state index in [1.54, 1.807) is 18.2 Å². The van der Waals surface area contributed by atoms with Crippen molar-refractivity contribution >= 4 is 23.2 Å². The van der Waals surface area contributed by atoms with Crippen LogP contribution in [0.5, 0.6) is 0 Å². The van der Waals surface area contributed by atoms with E-state index in [1.807, 2.05) is 0 Å². The maximum Gasteiger partial charge on any atom is 0.159 e. The van der Waals surface area contributed by atoms with Gasteiger partial charge in [-0.05, 0) is 31.2 Å². The summed E-state index contributed by atoms with van der Waals surface area (Å²) in [5.41, 5.74) is 6.71. The number of hydrogen-bond acceptors (Lipinski definition) is 3. The van der Waals surface area contributed by atoms with Crippen LogP contribution in [-0.2, 0) is 0 Å². The fourth-order valence-corrected chi connectivity index (χ4v) is 2.38. The van der Waals surface area contributed by atoms with Gasteiger partial charge < -0.3 is 5.73 Å². The molecule has 0 bridgehead atoms. The van der Waals surface area contributed by atoms with Gasteiger partial charge in [-0.2, -0.15) is 0 Å². The number of hydrogen-bond donors (Lipinski definition) is 1. The van der Waals surface area contributed by atoms with E-state index in [2.05, 4.69) is 0 Å². The summed E-state index contributed by atoms with van der Waals surface area (Å²) in [6, 6.07) is 8.19. The Labute approximate surface area is 113 Å². The normalized spacial score (nSPS) is 10.5. The first-order chi connectivity index (χ1) is 8.97. The molecule has 2 aromatic carbocycles. The van der Waals surface area contributed by atoms with Crippen molar-refractivity contribution in [2.45, 2.75) is 16.7 Å². The Bertz CT molecular complexity index is 643. The number of nitrogens with two attached hydrogens (primary N) is 1. The first-order valence-electron chi connectivity index (χ1n) is 5.51. The van der Waals surface area contributed by atoms with E-state index in [0.29, 0.717) is 16.1 Å². The van der Waals surface area contributed by atoms with Gasteiger partial charge in [-0.15, -0.1) is 0 Å². The Balaban J connectivity index is 2.31. The second kappa shape index (κ2) is 5.40. The van der Waals surface area contributed by atoms with E-state index in [1.165, 1.54) is 19.1 Å². The van der Waals surface area contributed by atoms with Gasteiger partial charge in [0.15, 0.2) is 5.78 Å². The molecule has 19 heavy (non-hydrogen) atoms. The molecule has 0 amide bonds. The number of carbonyl (C=O) groups excluding carboxylic acids is 1. The third-order valence-corrected chi connectivity index (χ3v) is 3.67. The SMILES string of the molecule is CC(=O)c1ccc(Sc2ccc(F)cc2F)c(N)c1. The number of rotatable bonds is 3. The zero-order chi connectivity index (χ0) is 14.0. The van der Waals surface area contributed by atoms with Crippen LogP contribution in [0.2, 0.25) is 0 Å². The molecule has 0 aliphatic heterocycles. The minimum atomic E-state index is -0.639. The molecule has 0 heterocycles. The standard InChI is InChI=1S/C14H11F2NOS/c1-8(18)9-2-4-14(12(17)6-9)19-13-5-3-10(15)7-11(13)16/h2-7H,17H2,1H3. The van der Waals surface area contributed by atoms with Crippen molar-refractivity contribution in [3.63, 3.8) is 0 Å². The third-order valence-electron chi connectivity index (χ3n) is 2.53. The van der Waals surface area contributed by atoms with Crippen LogP contribution in [0.15, 0.2) is 46.2 Å². The minimum absolute atomic E-state index is 0.0868. The molecule has 0 aliphatic carbocycles. The summed E-state index contributed by atoms with van der Waals surface area (Å²) in [6.45, 7) is 1.45. The fraction of sp³-hybridized carbons (Fsp3) is 0.0714. The molecular formula is C14H11F2NOS. The van der Waals surface area contributed by atoms with Crippen molar-refractivity contribution in [1.82, 2.24) is 0 Å². The molecule has 0 unspecified atom stereocenters. The van der Waals surface area contributed by atoms with E-state index >= 15 is 0 Å². The second-order valence-corrected chi connectivity index (χ2v) is 5.07. The highest BCUT2D eigenvalue weighted by molar-refractivity contribution is 7.99. The average molecular weight is 279 g/mol. The van der Waals surface area contributed by atoms with Gasteiger partial charge in [0, 0.05) is 27.1 Å². The summed E-state index contributed by atoms with van der Waals surface area (Å²) in [5.74, 6) is -1.35. The largest absolute Gasteiger partial charge is 0.398 e. The molecule has 0 aliphatic rings. The molecule has 0 spiro atoms. The van der Waals surface area contributed by atoms with Gasteiger partial charge in [0.1, 0.15) is 11.6 Å². The maximum absolute atomic E-state index is 13.5. The number of halogens is 2. The lowest BCUT2D eigenvalue weighted by molar-refractivity contribution is 0.101. The van der Waals surface area contributed by atoms with Crippen LogP contribution in [0, 0.1) is 11.6 Å². The number of nitrogen functional groups attached to an aromatic ring is 1. The van der Waals surface area contributed by atoms with Crippen LogP contribution in [0.25, 0.3) is 0 Å². The summed E-state index contributed by atoms with van der Waals surface area (Å²) in [4.78, 5) is 12.1. The second-order valence-electron chi connectivity index (χ2n) is 3.99. The van der Waals surface area contributed by atoms with Gasteiger partial charge in [-0.3, -0.25) is 4.79 Å². The Hall–Kier alpha value is -1.88. The molecule has 2 nitrogen and oxygen atoms in total. The first-order valence-corrected chi connectivity index (χ1v) is 6.32. The van der Waals surface area contributed by atoms with Crippen molar-refractivity contribution in [2.75, 3.05) is 5.73 Å². The zero-order valence-electron chi connectivity index (χ0n) is 10.1. The van der Waals surface area contributed by atoms with Crippen molar-refractivity contribution in [1.29, 1.82) is 0 Å². The molecule has 2 rings (SSSR count). The van der Waals surface area contributed by atoms with E-state index < -0.39 is 11.6 Å². The van der Waals surface area contributed by atoms with Crippen LogP contribution >= 0.6 is 11.8 Å². The number of ketones is 1. The highest BCUT2D eigenvalue weighted by Gasteiger charge is 2.09. The molecule has 2 N–H and O–H groups in total. The monoisotopic (exact) mass is 279 g/mol. The lowest BCUT2D eigenvalue weighted by Gasteiger charge is -2.07. The van der Waals surface area contributed by atoms with E-state index in [0.717, 1.165) is 17.8 Å². The van der Waals surface area contributed by atoms with Crippen molar-refractivity contribution < 1.29 is 13.6 Å². The van der Waals surface area contributed by atoms with E-state index in [9.17, 15) is 13.6 Å². The number of carbonyl (C=O) groups is 1. The maximum atomic E-state index is 13.5. The lowest BCUT2D eigenvalue weighted by Crippen LogP contribution is -1.96. The summed E-state index contributed by atoms with van der Waals surface area (Å²) >= 11 is 1.09. The van der Waals surface area contributed by atoms with Crippen molar-refractivity contribution in [3.05, 3.63) is 53.6 Å². The Morgan fingerprint density at radius 2 is 1.79 bits per heavy atom. The molecule has 0 saturated carbocycles. The molecular weight excluding hydrogens is 268 g/mol. The summed E-state index contributed by atoms with van der Waals surface area (Å²) in [7, 11) is 0. The number of Topliss-reactive ketones (excluding diaryl/α,β-unsaturated/α-hetero) is 1.